The Morgan fingerprint density at radius 3 is 0.900 bits per heavy atom. The molecular formula is C25H23Cl3PRh. The molecule has 4 aromatic carbocycles. The van der Waals surface area contributed by atoms with Gasteiger partial charge in [0, 0.05) is 0 Å². The largest absolute Gasteiger partial charge is 0.0622 e. The standard InChI is InChI=1S/C18H15P.C7H8.3ClH.Rh/c1-4-10-16(11-5-1)19(17-12-6-2-7-13-17)18-14-8-3-9-15-18;1-7-5-3-2-4-6-7;;;;/h1-15H;2-6H,1H3;3*1H;/q;;;;;+3/p-3. The zero-order valence-corrected chi connectivity index (χ0v) is 21.3. The molecule has 4 aromatic rings. The van der Waals surface area contributed by atoms with E-state index >= 15 is 0 Å². The van der Waals surface area contributed by atoms with Crippen LogP contribution in [0.1, 0.15) is 5.56 Å². The monoisotopic (exact) mass is 562 g/mol. The number of hydrogen-bond acceptors (Lipinski definition) is 0. The SMILES string of the molecule is Cc1ccccc1.[Cl][Rh]([Cl])[Cl].c1ccc(P(c2ccccc2)c2ccccc2)cc1. The Morgan fingerprint density at radius 1 is 0.467 bits per heavy atom. The van der Waals surface area contributed by atoms with Gasteiger partial charge in [-0.3, -0.25) is 0 Å². The van der Waals surface area contributed by atoms with E-state index in [-0.39, 0.29) is 0 Å². The summed E-state index contributed by atoms with van der Waals surface area (Å²) in [6.45, 7) is 2.08. The van der Waals surface area contributed by atoms with Crippen molar-refractivity contribution in [3.63, 3.8) is 0 Å². The number of rotatable bonds is 3. The molecule has 0 N–H and O–H groups in total. The summed E-state index contributed by atoms with van der Waals surface area (Å²) in [6, 6.07) is 42.6. The van der Waals surface area contributed by atoms with Crippen LogP contribution in [0.15, 0.2) is 121 Å². The number of hydrogen-bond donors (Lipinski definition) is 0. The zero-order valence-electron chi connectivity index (χ0n) is 16.5. The van der Waals surface area contributed by atoms with Crippen molar-refractivity contribution < 1.29 is 13.0 Å². The van der Waals surface area contributed by atoms with Crippen molar-refractivity contribution in [3.8, 4) is 0 Å². The topological polar surface area (TPSA) is 0 Å². The van der Waals surface area contributed by atoms with Crippen molar-refractivity contribution in [1.82, 2.24) is 0 Å². The summed E-state index contributed by atoms with van der Waals surface area (Å²) in [5, 5.41) is 4.19. The molecule has 0 saturated carbocycles. The van der Waals surface area contributed by atoms with Gasteiger partial charge in [-0.1, -0.05) is 127 Å². The molecule has 0 nitrogen and oxygen atoms in total. The first-order chi connectivity index (χ1) is 14.6. The second-order valence-electron chi connectivity index (χ2n) is 6.14. The van der Waals surface area contributed by atoms with Crippen molar-refractivity contribution in [3.05, 3.63) is 127 Å². The van der Waals surface area contributed by atoms with E-state index in [9.17, 15) is 0 Å². The Kier molecular flexibility index (Phi) is 12.3. The molecule has 0 amide bonds. The average molecular weight is 564 g/mol. The Balaban J connectivity index is 0.000000241. The van der Waals surface area contributed by atoms with E-state index in [1.807, 2.05) is 18.2 Å². The minimum atomic E-state index is -1.66. The minimum absolute atomic E-state index is 0.446. The molecule has 0 bridgehead atoms. The van der Waals surface area contributed by atoms with Crippen LogP contribution in [0.4, 0.5) is 0 Å². The molecule has 30 heavy (non-hydrogen) atoms. The molecular weight excluding hydrogens is 541 g/mol. The zero-order chi connectivity index (χ0) is 21.6. The van der Waals surface area contributed by atoms with Gasteiger partial charge in [0.05, 0.1) is 0 Å². The molecule has 0 radical (unpaired) electrons. The van der Waals surface area contributed by atoms with Gasteiger partial charge in [-0.25, -0.2) is 0 Å². The Bertz CT molecular complexity index is 840. The maximum absolute atomic E-state index is 4.94. The fourth-order valence-electron chi connectivity index (χ4n) is 2.71. The molecule has 0 aliphatic carbocycles. The number of benzene rings is 4. The van der Waals surface area contributed by atoms with Gasteiger partial charge in [-0.05, 0) is 30.8 Å². The molecule has 0 aliphatic heterocycles. The molecule has 0 aliphatic rings. The third-order valence-corrected chi connectivity index (χ3v) is 6.43. The molecule has 0 spiro atoms. The van der Waals surface area contributed by atoms with Crippen LogP contribution in [0.25, 0.3) is 0 Å². The van der Waals surface area contributed by atoms with Crippen LogP contribution in [-0.4, -0.2) is 0 Å². The minimum Gasteiger partial charge on any atom is -0.0622 e. The van der Waals surface area contributed by atoms with Gasteiger partial charge in [-0.15, -0.1) is 0 Å². The van der Waals surface area contributed by atoms with E-state index in [1.165, 1.54) is 21.5 Å². The van der Waals surface area contributed by atoms with Crippen molar-refractivity contribution in [2.45, 2.75) is 6.92 Å². The molecule has 5 heteroatoms. The van der Waals surface area contributed by atoms with E-state index in [0.29, 0.717) is 0 Å². The second-order valence-corrected chi connectivity index (χ2v) is 15.8. The first-order valence-electron chi connectivity index (χ1n) is 9.19. The fraction of sp³-hybridized carbons (Fsp3) is 0.0400. The summed E-state index contributed by atoms with van der Waals surface area (Å²) in [5.41, 5.74) is 1.32. The van der Waals surface area contributed by atoms with Crippen LogP contribution in [-0.2, 0) is 13.0 Å². The summed E-state index contributed by atoms with van der Waals surface area (Å²) in [4.78, 5) is 0. The summed E-state index contributed by atoms with van der Waals surface area (Å²) in [7, 11) is 14.4. The van der Waals surface area contributed by atoms with E-state index < -0.39 is 20.9 Å². The predicted octanol–water partition coefficient (Wildman–Crippen LogP) is 7.51. The van der Waals surface area contributed by atoms with Crippen LogP contribution in [0.3, 0.4) is 0 Å². The third kappa shape index (κ3) is 9.74. The van der Waals surface area contributed by atoms with Gasteiger partial charge >= 0.3 is 42.1 Å². The Morgan fingerprint density at radius 2 is 0.700 bits per heavy atom. The molecule has 0 heterocycles. The molecule has 158 valence electrons. The number of halogens is 3. The van der Waals surface area contributed by atoms with Crippen LogP contribution < -0.4 is 15.9 Å². The van der Waals surface area contributed by atoms with Gasteiger partial charge in [0.25, 0.3) is 0 Å². The molecule has 0 aromatic heterocycles. The fourth-order valence-corrected chi connectivity index (χ4v) is 5.02. The van der Waals surface area contributed by atoms with Gasteiger partial charge in [0.15, 0.2) is 0 Å². The Labute approximate surface area is 198 Å². The van der Waals surface area contributed by atoms with E-state index in [1.54, 1.807) is 0 Å². The van der Waals surface area contributed by atoms with Gasteiger partial charge in [0.2, 0.25) is 0 Å². The van der Waals surface area contributed by atoms with Crippen LogP contribution in [0, 0.1) is 6.92 Å². The van der Waals surface area contributed by atoms with Crippen molar-refractivity contribution in [1.29, 1.82) is 0 Å². The van der Waals surface area contributed by atoms with Crippen LogP contribution in [0.2, 0.25) is 0 Å². The maximum atomic E-state index is 4.94. The molecule has 0 fully saturated rings. The molecule has 4 rings (SSSR count). The average Bonchev–Trinajstić information content (AvgIpc) is 2.77. The van der Waals surface area contributed by atoms with Gasteiger partial charge in [0.1, 0.15) is 0 Å². The van der Waals surface area contributed by atoms with Crippen molar-refractivity contribution in [2.24, 2.45) is 0 Å². The van der Waals surface area contributed by atoms with E-state index in [2.05, 4.69) is 110 Å². The third-order valence-electron chi connectivity index (χ3n) is 3.98. The van der Waals surface area contributed by atoms with Crippen LogP contribution >= 0.6 is 37.0 Å². The first-order valence-corrected chi connectivity index (χ1v) is 16.9. The number of aryl methyl sites for hydroxylation is 1. The normalized spacial score (nSPS) is 10.2. The van der Waals surface area contributed by atoms with E-state index in [0.717, 1.165) is 0 Å². The summed E-state index contributed by atoms with van der Waals surface area (Å²) in [6.07, 6.45) is 0. The Hall–Kier alpha value is -1.20. The second kappa shape index (κ2) is 14.7. The van der Waals surface area contributed by atoms with Gasteiger partial charge < -0.3 is 0 Å². The smallest absolute Gasteiger partial charge is 0.0134 e. The molecule has 0 unspecified atom stereocenters. The molecule has 0 saturated heterocycles. The van der Waals surface area contributed by atoms with E-state index in [4.69, 9.17) is 29.1 Å². The van der Waals surface area contributed by atoms with Gasteiger partial charge in [-0.2, -0.15) is 0 Å². The quantitative estimate of drug-likeness (QED) is 0.179. The van der Waals surface area contributed by atoms with Crippen molar-refractivity contribution in [2.75, 3.05) is 0 Å². The summed E-state index contributed by atoms with van der Waals surface area (Å²) in [5.74, 6) is 0. The van der Waals surface area contributed by atoms with Crippen LogP contribution in [0.5, 0.6) is 0 Å². The maximum Gasteiger partial charge on any atom is -0.0134 e. The summed E-state index contributed by atoms with van der Waals surface area (Å²) < 4.78 is 0. The molecule has 0 atom stereocenters. The summed E-state index contributed by atoms with van der Waals surface area (Å²) >= 11 is -1.66. The predicted molar refractivity (Wildman–Crippen MR) is 134 cm³/mol. The first kappa shape index (κ1) is 25.1. The van der Waals surface area contributed by atoms with Crippen molar-refractivity contribution >= 4 is 52.9 Å².